The van der Waals surface area contributed by atoms with E-state index in [1.807, 2.05) is 37.3 Å². The highest BCUT2D eigenvalue weighted by molar-refractivity contribution is 5.30. The summed E-state index contributed by atoms with van der Waals surface area (Å²) in [4.78, 5) is 11.4. The number of hydrogen-bond acceptors (Lipinski definition) is 2. The van der Waals surface area contributed by atoms with E-state index in [1.165, 1.54) is 17.5 Å². The second-order valence-corrected chi connectivity index (χ2v) is 4.09. The molecule has 3 N–H and O–H groups in total. The smallest absolute Gasteiger partial charge is 0.271 e. The number of nitrogens with two attached hydrogens (primary N) is 1. The van der Waals surface area contributed by atoms with E-state index < -0.39 is 0 Å². The second-order valence-electron chi connectivity index (χ2n) is 4.09. The molecule has 0 aliphatic heterocycles. The van der Waals surface area contributed by atoms with Crippen LogP contribution < -0.4 is 11.3 Å². The van der Waals surface area contributed by atoms with Crippen molar-refractivity contribution in [2.24, 2.45) is 5.73 Å². The largest absolute Gasteiger partial charge is 0.330 e. The lowest BCUT2D eigenvalue weighted by Gasteiger charge is -1.99. The maximum Gasteiger partial charge on any atom is 0.271 e. The number of aryl methyl sites for hydroxylation is 1. The summed E-state index contributed by atoms with van der Waals surface area (Å²) in [5.74, 6) is 0. The summed E-state index contributed by atoms with van der Waals surface area (Å²) in [5, 5.41) is 2.96. The lowest BCUT2D eigenvalue weighted by atomic mass is 10.3. The van der Waals surface area contributed by atoms with Crippen molar-refractivity contribution in [2.75, 3.05) is 6.54 Å². The number of aromatic amines is 1. The van der Waals surface area contributed by atoms with Gasteiger partial charge in [-0.25, -0.2) is 4.68 Å². The van der Waals surface area contributed by atoms with Crippen LogP contribution in [-0.4, -0.2) is 16.3 Å². The molecule has 0 spiro atoms. The molecular formula is C14H21N3O. The van der Waals surface area contributed by atoms with E-state index in [4.69, 9.17) is 5.73 Å². The van der Waals surface area contributed by atoms with Crippen LogP contribution in [0.3, 0.4) is 0 Å². The fraction of sp³-hybridized carbons (Fsp3) is 0.357. The molecular weight excluding hydrogens is 226 g/mol. The number of aromatic nitrogens is 2. The minimum atomic E-state index is -0.0244. The van der Waals surface area contributed by atoms with E-state index in [9.17, 15) is 4.79 Å². The molecule has 0 radical (unpaired) electrons. The van der Waals surface area contributed by atoms with Gasteiger partial charge < -0.3 is 5.73 Å². The molecule has 18 heavy (non-hydrogen) atoms. The van der Waals surface area contributed by atoms with Crippen LogP contribution in [0.15, 0.2) is 41.2 Å². The van der Waals surface area contributed by atoms with Gasteiger partial charge in [-0.05, 0) is 32.0 Å². The van der Waals surface area contributed by atoms with Gasteiger partial charge in [-0.3, -0.25) is 9.89 Å². The first kappa shape index (κ1) is 14.3. The van der Waals surface area contributed by atoms with Crippen molar-refractivity contribution in [3.63, 3.8) is 0 Å². The van der Waals surface area contributed by atoms with Crippen molar-refractivity contribution in [2.45, 2.75) is 26.7 Å². The van der Waals surface area contributed by atoms with Crippen molar-refractivity contribution < 1.29 is 0 Å². The Hall–Kier alpha value is -1.81. The van der Waals surface area contributed by atoms with Crippen LogP contribution in [0.25, 0.3) is 5.69 Å². The number of hydrogen-bond donors (Lipinski definition) is 2. The minimum absolute atomic E-state index is 0.0244. The summed E-state index contributed by atoms with van der Waals surface area (Å²) >= 11 is 0. The Bertz CT molecular complexity index is 497. The molecule has 0 saturated carbocycles. The summed E-state index contributed by atoms with van der Waals surface area (Å²) in [5.41, 5.74) is 6.85. The molecule has 98 valence electrons. The van der Waals surface area contributed by atoms with Crippen LogP contribution in [0.4, 0.5) is 0 Å². The van der Waals surface area contributed by atoms with Crippen LogP contribution in [0, 0.1) is 6.92 Å². The van der Waals surface area contributed by atoms with E-state index in [1.54, 1.807) is 6.07 Å². The molecule has 4 heteroatoms. The Morgan fingerprint density at radius 2 is 1.94 bits per heavy atom. The molecule has 1 aromatic heterocycles. The first-order chi connectivity index (χ1) is 8.69. The molecule has 0 saturated heterocycles. The lowest BCUT2D eigenvalue weighted by Crippen LogP contribution is -2.12. The third kappa shape index (κ3) is 4.22. The molecule has 1 heterocycles. The Balaban J connectivity index is 0.000000280. The van der Waals surface area contributed by atoms with Gasteiger partial charge in [0.2, 0.25) is 0 Å². The Labute approximate surface area is 107 Å². The maximum atomic E-state index is 11.4. The van der Waals surface area contributed by atoms with Crippen molar-refractivity contribution in [1.29, 1.82) is 0 Å². The van der Waals surface area contributed by atoms with Gasteiger partial charge in [-0.2, -0.15) is 0 Å². The Kier molecular flexibility index (Phi) is 5.94. The quantitative estimate of drug-likeness (QED) is 0.873. The molecule has 0 aliphatic carbocycles. The summed E-state index contributed by atoms with van der Waals surface area (Å²) in [6.07, 6.45) is 2.39. The van der Waals surface area contributed by atoms with Gasteiger partial charge in [-0.15, -0.1) is 0 Å². The molecule has 0 atom stereocenters. The summed E-state index contributed by atoms with van der Waals surface area (Å²) < 4.78 is 1.52. The van der Waals surface area contributed by atoms with Crippen molar-refractivity contribution in [1.82, 2.24) is 9.78 Å². The lowest BCUT2D eigenvalue weighted by molar-refractivity contribution is 0.807. The number of H-pyrrole nitrogens is 1. The summed E-state index contributed by atoms with van der Waals surface area (Å²) in [6.45, 7) is 4.84. The predicted octanol–water partition coefficient (Wildman–Crippen LogP) is 2.22. The second kappa shape index (κ2) is 7.50. The SMILES string of the molecule is CCCCN.Cc1cc(=O)n(-c2ccccc2)[nH]1. The van der Waals surface area contributed by atoms with E-state index in [2.05, 4.69) is 12.0 Å². The number of benzene rings is 1. The van der Waals surface area contributed by atoms with Crippen LogP contribution in [0.5, 0.6) is 0 Å². The topological polar surface area (TPSA) is 63.8 Å². The third-order valence-electron chi connectivity index (χ3n) is 2.42. The van der Waals surface area contributed by atoms with Gasteiger partial charge in [0.05, 0.1) is 5.69 Å². The number of para-hydroxylation sites is 1. The first-order valence-electron chi connectivity index (χ1n) is 6.23. The van der Waals surface area contributed by atoms with Gasteiger partial charge in [0.1, 0.15) is 0 Å². The van der Waals surface area contributed by atoms with Gasteiger partial charge in [0.15, 0.2) is 0 Å². The molecule has 0 fully saturated rings. The van der Waals surface area contributed by atoms with Gasteiger partial charge in [0.25, 0.3) is 5.56 Å². The number of unbranched alkanes of at least 4 members (excludes halogenated alkanes) is 1. The standard InChI is InChI=1S/C10H10N2O.C4H11N/c1-8-7-10(13)12(11-8)9-5-3-2-4-6-9;1-2-3-4-5/h2-7,11H,1H3;2-5H2,1H3. The predicted molar refractivity (Wildman–Crippen MR) is 75.1 cm³/mol. The number of rotatable bonds is 3. The normalized spacial score (nSPS) is 9.72. The van der Waals surface area contributed by atoms with E-state index in [0.29, 0.717) is 0 Å². The summed E-state index contributed by atoms with van der Waals surface area (Å²) in [7, 11) is 0. The van der Waals surface area contributed by atoms with Crippen molar-refractivity contribution in [3.8, 4) is 5.69 Å². The van der Waals surface area contributed by atoms with Crippen LogP contribution in [-0.2, 0) is 0 Å². The van der Waals surface area contributed by atoms with E-state index >= 15 is 0 Å². The highest BCUT2D eigenvalue weighted by Crippen LogP contribution is 2.02. The van der Waals surface area contributed by atoms with Crippen molar-refractivity contribution >= 4 is 0 Å². The monoisotopic (exact) mass is 247 g/mol. The molecule has 1 aromatic carbocycles. The maximum absolute atomic E-state index is 11.4. The fourth-order valence-corrected chi connectivity index (χ4v) is 1.49. The Morgan fingerprint density at radius 3 is 2.33 bits per heavy atom. The highest BCUT2D eigenvalue weighted by atomic mass is 16.1. The number of nitrogens with one attached hydrogen (secondary N) is 1. The zero-order valence-electron chi connectivity index (χ0n) is 11.0. The van der Waals surface area contributed by atoms with E-state index in [-0.39, 0.29) is 5.56 Å². The van der Waals surface area contributed by atoms with Gasteiger partial charge >= 0.3 is 0 Å². The molecule has 2 aromatic rings. The molecule has 4 nitrogen and oxygen atoms in total. The van der Waals surface area contributed by atoms with Crippen LogP contribution in [0.2, 0.25) is 0 Å². The highest BCUT2D eigenvalue weighted by Gasteiger charge is 1.99. The summed E-state index contributed by atoms with van der Waals surface area (Å²) in [6, 6.07) is 11.1. The average Bonchev–Trinajstić information content (AvgIpc) is 2.71. The minimum Gasteiger partial charge on any atom is -0.330 e. The van der Waals surface area contributed by atoms with Gasteiger partial charge in [-0.1, -0.05) is 31.5 Å². The zero-order valence-corrected chi connectivity index (χ0v) is 11.0. The molecule has 0 bridgehead atoms. The molecule has 0 unspecified atom stereocenters. The molecule has 0 aliphatic rings. The van der Waals surface area contributed by atoms with Crippen LogP contribution in [0.1, 0.15) is 25.5 Å². The molecule has 0 amide bonds. The van der Waals surface area contributed by atoms with E-state index in [0.717, 1.165) is 17.9 Å². The Morgan fingerprint density at radius 1 is 1.28 bits per heavy atom. The first-order valence-corrected chi connectivity index (χ1v) is 6.23. The zero-order chi connectivity index (χ0) is 13.4. The molecule has 2 rings (SSSR count). The van der Waals surface area contributed by atoms with Gasteiger partial charge in [0, 0.05) is 11.8 Å². The van der Waals surface area contributed by atoms with Crippen molar-refractivity contribution in [3.05, 3.63) is 52.4 Å². The average molecular weight is 247 g/mol. The number of nitrogens with zero attached hydrogens (tertiary/aromatic N) is 1. The third-order valence-corrected chi connectivity index (χ3v) is 2.42. The fourth-order valence-electron chi connectivity index (χ4n) is 1.49. The van der Waals surface area contributed by atoms with Crippen LogP contribution >= 0.6 is 0 Å².